The van der Waals surface area contributed by atoms with E-state index in [0.29, 0.717) is 18.8 Å². The molecule has 96 valence electrons. The Labute approximate surface area is 123 Å². The second kappa shape index (κ2) is 6.23. The van der Waals surface area contributed by atoms with Crippen molar-refractivity contribution in [1.29, 1.82) is 0 Å². The molecule has 1 unspecified atom stereocenters. The van der Waals surface area contributed by atoms with Gasteiger partial charge in [-0.05, 0) is 62.6 Å². The zero-order valence-corrected chi connectivity index (χ0v) is 14.8. The summed E-state index contributed by atoms with van der Waals surface area (Å²) in [6, 6.07) is 0. The molecule has 0 aromatic heterocycles. The first kappa shape index (κ1) is 16.4. The standard InChI is InChI=1S/C3H7Cl6N4P3/c4-2-1-3-10-16(9)12-14(5,6)11-15(7,8)13-16/h10H,1-3H2. The summed E-state index contributed by atoms with van der Waals surface area (Å²) in [5.41, 5.74) is 0. The first-order chi connectivity index (χ1) is 7.18. The Morgan fingerprint density at radius 2 is 1.44 bits per heavy atom. The minimum atomic E-state index is -2.92. The first-order valence-corrected chi connectivity index (χ1v) is 14.0. The first-order valence-electron chi connectivity index (χ1n) is 3.89. The quantitative estimate of drug-likeness (QED) is 0.299. The van der Waals surface area contributed by atoms with Crippen LogP contribution in [0.15, 0.2) is 13.5 Å². The van der Waals surface area contributed by atoms with Crippen molar-refractivity contribution in [2.24, 2.45) is 13.5 Å². The van der Waals surface area contributed by atoms with E-state index in [9.17, 15) is 0 Å². The van der Waals surface area contributed by atoms with Crippen molar-refractivity contribution in [2.75, 3.05) is 12.4 Å². The minimum absolute atomic E-state index is 0.498. The maximum Gasteiger partial charge on any atom is 0.257 e. The summed E-state index contributed by atoms with van der Waals surface area (Å²) in [5.74, 6) is -5.34. The van der Waals surface area contributed by atoms with Gasteiger partial charge in [0.05, 0.1) is 0 Å². The van der Waals surface area contributed by atoms with Crippen LogP contribution in [-0.2, 0) is 0 Å². The van der Waals surface area contributed by atoms with Crippen LogP contribution in [0.5, 0.6) is 0 Å². The number of alkyl halides is 1. The van der Waals surface area contributed by atoms with E-state index < -0.39 is 18.5 Å². The van der Waals surface area contributed by atoms with Crippen molar-refractivity contribution >= 4 is 86.3 Å². The van der Waals surface area contributed by atoms with E-state index in [2.05, 4.69) is 18.6 Å². The van der Waals surface area contributed by atoms with E-state index in [-0.39, 0.29) is 0 Å². The molecule has 0 bridgehead atoms. The molecule has 1 N–H and O–H groups in total. The molecule has 0 aromatic rings. The highest BCUT2D eigenvalue weighted by atomic mass is 35.9. The summed E-state index contributed by atoms with van der Waals surface area (Å²) in [5, 5.41) is 2.93. The molecular weight excluding hydrogens is 398 g/mol. The fourth-order valence-corrected chi connectivity index (χ4v) is 18.2. The molecule has 1 aliphatic rings. The molecular formula is C3H7Cl6N4P3. The highest BCUT2D eigenvalue weighted by Crippen LogP contribution is 2.85. The molecule has 0 radical (unpaired) electrons. The van der Waals surface area contributed by atoms with E-state index in [4.69, 9.17) is 67.8 Å². The van der Waals surface area contributed by atoms with Crippen molar-refractivity contribution in [3.8, 4) is 0 Å². The van der Waals surface area contributed by atoms with Crippen LogP contribution in [0, 0.1) is 0 Å². The Morgan fingerprint density at radius 3 is 1.94 bits per heavy atom. The Morgan fingerprint density at radius 1 is 0.875 bits per heavy atom. The van der Waals surface area contributed by atoms with Crippen LogP contribution in [0.1, 0.15) is 6.42 Å². The second-order valence-electron chi connectivity index (χ2n) is 2.66. The Balaban J connectivity index is 3.02. The van der Waals surface area contributed by atoms with Gasteiger partial charge in [-0.3, -0.25) is 5.09 Å². The average molecular weight is 405 g/mol. The van der Waals surface area contributed by atoms with Crippen molar-refractivity contribution in [1.82, 2.24) is 5.09 Å². The van der Waals surface area contributed by atoms with Gasteiger partial charge in [0.2, 0.25) is 6.71 Å². The van der Waals surface area contributed by atoms with Crippen LogP contribution in [0.4, 0.5) is 0 Å². The average Bonchev–Trinajstić information content (AvgIpc) is 1.96. The normalized spacial score (nSPS) is 31.1. The maximum atomic E-state index is 6.16. The van der Waals surface area contributed by atoms with Crippen LogP contribution in [-0.4, -0.2) is 12.4 Å². The van der Waals surface area contributed by atoms with Crippen LogP contribution in [0.2, 0.25) is 0 Å². The lowest BCUT2D eigenvalue weighted by atomic mass is 10.5. The van der Waals surface area contributed by atoms with Gasteiger partial charge >= 0.3 is 0 Å². The highest BCUT2D eigenvalue weighted by molar-refractivity contribution is 8.22. The molecule has 0 aromatic carbocycles. The number of rotatable bonds is 4. The van der Waals surface area contributed by atoms with Gasteiger partial charge in [-0.25, -0.2) is 0 Å². The van der Waals surface area contributed by atoms with Crippen molar-refractivity contribution in [2.45, 2.75) is 6.42 Å². The van der Waals surface area contributed by atoms with Gasteiger partial charge in [0.25, 0.3) is 11.8 Å². The molecule has 0 spiro atoms. The number of nitrogens with zero attached hydrogens (tertiary/aromatic N) is 3. The Kier molecular flexibility index (Phi) is 6.40. The predicted octanol–water partition coefficient (Wildman–Crippen LogP) is 7.25. The summed E-state index contributed by atoms with van der Waals surface area (Å²) in [4.78, 5) is 0. The monoisotopic (exact) mass is 402 g/mol. The molecule has 0 saturated carbocycles. The Hall–Kier alpha value is 2.39. The van der Waals surface area contributed by atoms with Crippen LogP contribution in [0.25, 0.3) is 0 Å². The number of hydrogen-bond donors (Lipinski definition) is 1. The zero-order valence-electron chi connectivity index (χ0n) is 7.57. The fraction of sp³-hybridized carbons (Fsp3) is 1.00. The molecule has 16 heavy (non-hydrogen) atoms. The van der Waals surface area contributed by atoms with E-state index in [1.54, 1.807) is 0 Å². The number of nitrogens with one attached hydrogen (secondary N) is 1. The predicted molar refractivity (Wildman–Crippen MR) is 80.6 cm³/mol. The summed E-state index contributed by atoms with van der Waals surface area (Å²) >= 11 is 35.2. The van der Waals surface area contributed by atoms with Crippen molar-refractivity contribution < 1.29 is 0 Å². The highest BCUT2D eigenvalue weighted by Gasteiger charge is 2.31. The topological polar surface area (TPSA) is 49.1 Å². The molecule has 13 heteroatoms. The summed E-state index contributed by atoms with van der Waals surface area (Å²) in [6.07, 6.45) is 0.713. The van der Waals surface area contributed by atoms with Gasteiger partial charge in [0, 0.05) is 12.4 Å². The SMILES string of the molecule is ClCCCNP1(Cl)=NP(Cl)(Cl)=NP(Cl)(Cl)=N1. The molecule has 0 fully saturated rings. The third-order valence-corrected chi connectivity index (χ3v) is 14.0. The van der Waals surface area contributed by atoms with Crippen molar-refractivity contribution in [3.05, 3.63) is 0 Å². The molecule has 0 amide bonds. The molecule has 1 rings (SSSR count). The van der Waals surface area contributed by atoms with Gasteiger partial charge in [-0.15, -0.1) is 11.6 Å². The zero-order chi connectivity index (χ0) is 12.4. The largest absolute Gasteiger partial charge is 0.257 e. The van der Waals surface area contributed by atoms with Crippen LogP contribution in [0.3, 0.4) is 0 Å². The molecule has 0 aliphatic carbocycles. The van der Waals surface area contributed by atoms with Gasteiger partial charge < -0.3 is 0 Å². The second-order valence-corrected chi connectivity index (χ2v) is 16.5. The lowest BCUT2D eigenvalue weighted by molar-refractivity contribution is 0.873. The van der Waals surface area contributed by atoms with Gasteiger partial charge in [-0.2, -0.15) is 13.5 Å². The summed E-state index contributed by atoms with van der Waals surface area (Å²) in [6.45, 7) is -2.21. The van der Waals surface area contributed by atoms with E-state index in [1.165, 1.54) is 0 Å². The van der Waals surface area contributed by atoms with Gasteiger partial charge in [0.1, 0.15) is 0 Å². The third-order valence-electron chi connectivity index (χ3n) is 1.29. The van der Waals surface area contributed by atoms with Gasteiger partial charge in [-0.1, -0.05) is 0 Å². The maximum absolute atomic E-state index is 6.16. The molecule has 1 aliphatic heterocycles. The molecule has 1 atom stereocenters. The molecule has 1 heterocycles. The Bertz CT molecular complexity index is 413. The van der Waals surface area contributed by atoms with Crippen LogP contribution >= 0.6 is 86.3 Å². The smallest absolute Gasteiger partial charge is 0.253 e. The number of hydrogen-bond acceptors (Lipinski definition) is 4. The lowest BCUT2D eigenvalue weighted by Crippen LogP contribution is -2.08. The summed E-state index contributed by atoms with van der Waals surface area (Å²) in [7, 11) is 0. The molecule has 4 nitrogen and oxygen atoms in total. The molecule has 0 saturated heterocycles. The number of halogens is 6. The van der Waals surface area contributed by atoms with Crippen LogP contribution < -0.4 is 5.09 Å². The fourth-order valence-electron chi connectivity index (χ4n) is 0.820. The van der Waals surface area contributed by atoms with E-state index in [1.807, 2.05) is 0 Å². The van der Waals surface area contributed by atoms with Gasteiger partial charge in [0.15, 0.2) is 0 Å². The third kappa shape index (κ3) is 5.57. The van der Waals surface area contributed by atoms with Crippen molar-refractivity contribution in [3.63, 3.8) is 0 Å². The lowest BCUT2D eigenvalue weighted by Gasteiger charge is -2.22. The van der Waals surface area contributed by atoms with E-state index >= 15 is 0 Å². The minimum Gasteiger partial charge on any atom is -0.253 e. The summed E-state index contributed by atoms with van der Waals surface area (Å²) < 4.78 is 11.8. The van der Waals surface area contributed by atoms with E-state index in [0.717, 1.165) is 0 Å².